The van der Waals surface area contributed by atoms with Crippen molar-refractivity contribution in [2.75, 3.05) is 17.7 Å². The van der Waals surface area contributed by atoms with Crippen LogP contribution < -0.4 is 14.8 Å². The van der Waals surface area contributed by atoms with Crippen LogP contribution in [0.5, 0.6) is 11.6 Å². The molecule has 4 rings (SSSR count). The maximum atomic E-state index is 6.40. The summed E-state index contributed by atoms with van der Waals surface area (Å²) in [7, 11) is 0. The van der Waals surface area contributed by atoms with Crippen molar-refractivity contribution in [1.29, 1.82) is 0 Å². The number of ether oxygens (including phenoxy) is 2. The summed E-state index contributed by atoms with van der Waals surface area (Å²) in [5.74, 6) is 2.21. The van der Waals surface area contributed by atoms with E-state index in [2.05, 4.69) is 45.3 Å². The molecule has 0 unspecified atom stereocenters. The molecule has 3 aromatic rings. The average Bonchev–Trinajstić information content (AvgIpc) is 2.94. The van der Waals surface area contributed by atoms with E-state index >= 15 is 0 Å². The third kappa shape index (κ3) is 5.13. The number of benzene rings is 2. The molecule has 0 spiro atoms. The summed E-state index contributed by atoms with van der Waals surface area (Å²) in [6.07, 6.45) is 2.69. The van der Waals surface area contributed by atoms with Gasteiger partial charge in [0.2, 0.25) is 17.3 Å². The van der Waals surface area contributed by atoms with Crippen molar-refractivity contribution in [3.8, 4) is 22.9 Å². The molecular weight excluding hydrogens is 476 g/mol. The fraction of sp³-hybridized carbons (Fsp3) is 0.348. The zero-order chi connectivity index (χ0) is 21.6. The Morgan fingerprint density at radius 1 is 1.13 bits per heavy atom. The van der Waals surface area contributed by atoms with Crippen molar-refractivity contribution in [2.24, 2.45) is 0 Å². The molecule has 1 aromatic heterocycles. The molecule has 6 nitrogen and oxygen atoms in total. The molecule has 0 fully saturated rings. The first-order valence-corrected chi connectivity index (χ1v) is 12.3. The van der Waals surface area contributed by atoms with Gasteiger partial charge in [0.15, 0.2) is 5.69 Å². The first kappa shape index (κ1) is 21.9. The second-order valence-corrected chi connectivity index (χ2v) is 9.15. The van der Waals surface area contributed by atoms with Gasteiger partial charge in [0, 0.05) is 21.5 Å². The molecule has 0 saturated carbocycles. The van der Waals surface area contributed by atoms with Crippen molar-refractivity contribution in [3.63, 3.8) is 0 Å². The van der Waals surface area contributed by atoms with E-state index in [9.17, 15) is 0 Å². The standard InChI is InChI=1S/C23H25BrN4O2S/c1-3-5-13-31-23-26-22-20(27-28-23)17-14-15(24)10-11-18(17)25-21(30-22)16-8-6-7-9-19(16)29-12-4-2/h6-11,14,21,25H,3-5,12-13H2,1-2H3/t21-/m0/s1. The average molecular weight is 501 g/mol. The number of hydrogen-bond acceptors (Lipinski definition) is 7. The zero-order valence-corrected chi connectivity index (χ0v) is 20.0. The van der Waals surface area contributed by atoms with Gasteiger partial charge in [0.25, 0.3) is 0 Å². The molecule has 2 aromatic carbocycles. The number of thioether (sulfide) groups is 1. The van der Waals surface area contributed by atoms with Crippen LogP contribution in [0, 0.1) is 0 Å². The number of hydrogen-bond donors (Lipinski definition) is 1. The molecule has 0 radical (unpaired) electrons. The van der Waals surface area contributed by atoms with Crippen molar-refractivity contribution >= 4 is 33.4 Å². The summed E-state index contributed by atoms with van der Waals surface area (Å²) in [4.78, 5) is 4.71. The largest absolute Gasteiger partial charge is 0.493 e. The summed E-state index contributed by atoms with van der Waals surface area (Å²) in [6.45, 7) is 4.91. The Morgan fingerprint density at radius 2 is 2.00 bits per heavy atom. The molecule has 0 aliphatic carbocycles. The lowest BCUT2D eigenvalue weighted by atomic mass is 10.1. The van der Waals surface area contributed by atoms with Crippen molar-refractivity contribution in [1.82, 2.24) is 15.2 Å². The van der Waals surface area contributed by atoms with Gasteiger partial charge in [0.1, 0.15) is 5.75 Å². The molecule has 8 heteroatoms. The summed E-state index contributed by atoms with van der Waals surface area (Å²) in [5.41, 5.74) is 3.33. The van der Waals surface area contributed by atoms with E-state index in [0.717, 1.165) is 52.1 Å². The molecule has 0 saturated heterocycles. The fourth-order valence-electron chi connectivity index (χ4n) is 3.22. The van der Waals surface area contributed by atoms with Gasteiger partial charge in [-0.2, -0.15) is 4.98 Å². The van der Waals surface area contributed by atoms with Crippen LogP contribution in [0.3, 0.4) is 0 Å². The monoisotopic (exact) mass is 500 g/mol. The van der Waals surface area contributed by atoms with Gasteiger partial charge >= 0.3 is 0 Å². The lowest BCUT2D eigenvalue weighted by Gasteiger charge is -2.22. The lowest BCUT2D eigenvalue weighted by Crippen LogP contribution is -2.18. The van der Waals surface area contributed by atoms with E-state index in [0.29, 0.717) is 23.3 Å². The molecule has 1 aliphatic heterocycles. The van der Waals surface area contributed by atoms with E-state index in [4.69, 9.17) is 14.5 Å². The number of nitrogens with one attached hydrogen (secondary N) is 1. The topological polar surface area (TPSA) is 69.2 Å². The lowest BCUT2D eigenvalue weighted by molar-refractivity contribution is 0.215. The number of rotatable bonds is 8. The minimum absolute atomic E-state index is 0.466. The normalized spacial score (nSPS) is 14.6. The van der Waals surface area contributed by atoms with Crippen LogP contribution in [0.15, 0.2) is 52.1 Å². The highest BCUT2D eigenvalue weighted by atomic mass is 79.9. The highest BCUT2D eigenvalue weighted by molar-refractivity contribution is 9.10. The maximum Gasteiger partial charge on any atom is 0.247 e. The SMILES string of the molecule is CCCCSc1nnc2c(n1)O[C@@H](c1ccccc1OCCC)Nc1ccc(Br)cc1-2. The van der Waals surface area contributed by atoms with Crippen LogP contribution in [0.1, 0.15) is 44.9 Å². The number of para-hydroxylation sites is 1. The Morgan fingerprint density at radius 3 is 2.84 bits per heavy atom. The van der Waals surface area contributed by atoms with Gasteiger partial charge in [-0.05, 0) is 43.2 Å². The number of anilines is 1. The van der Waals surface area contributed by atoms with Crippen molar-refractivity contribution in [3.05, 3.63) is 52.5 Å². The van der Waals surface area contributed by atoms with Crippen molar-refractivity contribution < 1.29 is 9.47 Å². The minimum atomic E-state index is -0.473. The van der Waals surface area contributed by atoms with Gasteiger partial charge < -0.3 is 14.8 Å². The molecule has 162 valence electrons. The molecule has 1 atom stereocenters. The Hall–Kier alpha value is -2.32. The molecule has 0 amide bonds. The Labute approximate surface area is 195 Å². The number of halogens is 1. The third-order valence-corrected chi connectivity index (χ3v) is 6.20. The molecule has 2 heterocycles. The third-order valence-electron chi connectivity index (χ3n) is 4.78. The second kappa shape index (κ2) is 10.3. The van der Waals surface area contributed by atoms with Crippen LogP contribution in [0.25, 0.3) is 11.3 Å². The minimum Gasteiger partial charge on any atom is -0.493 e. The predicted molar refractivity (Wildman–Crippen MR) is 128 cm³/mol. The molecule has 1 aliphatic rings. The van der Waals surface area contributed by atoms with Crippen LogP contribution in [-0.2, 0) is 0 Å². The Balaban J connectivity index is 1.75. The number of unbranched alkanes of at least 4 members (excludes halogenated alkanes) is 1. The van der Waals surface area contributed by atoms with E-state index < -0.39 is 6.23 Å². The predicted octanol–water partition coefficient (Wildman–Crippen LogP) is 6.49. The Bertz CT molecular complexity index is 1050. The van der Waals surface area contributed by atoms with Gasteiger partial charge in [-0.15, -0.1) is 10.2 Å². The summed E-state index contributed by atoms with van der Waals surface area (Å²) in [5, 5.41) is 13.0. The quantitative estimate of drug-likeness (QED) is 0.280. The molecule has 0 bridgehead atoms. The molecular formula is C23H25BrN4O2S. The van der Waals surface area contributed by atoms with Crippen molar-refractivity contribution in [2.45, 2.75) is 44.5 Å². The maximum absolute atomic E-state index is 6.40. The highest BCUT2D eigenvalue weighted by Crippen LogP contribution is 2.42. The highest BCUT2D eigenvalue weighted by Gasteiger charge is 2.28. The Kier molecular flexibility index (Phi) is 7.29. The first-order chi connectivity index (χ1) is 15.2. The van der Waals surface area contributed by atoms with E-state index in [1.807, 2.05) is 42.5 Å². The van der Waals surface area contributed by atoms with Crippen LogP contribution in [-0.4, -0.2) is 27.5 Å². The van der Waals surface area contributed by atoms with Crippen LogP contribution in [0.4, 0.5) is 5.69 Å². The van der Waals surface area contributed by atoms with Gasteiger partial charge in [-0.1, -0.05) is 60.1 Å². The summed E-state index contributed by atoms with van der Waals surface area (Å²) >= 11 is 5.16. The fourth-order valence-corrected chi connectivity index (χ4v) is 4.44. The van der Waals surface area contributed by atoms with E-state index in [1.54, 1.807) is 11.8 Å². The molecule has 1 N–H and O–H groups in total. The van der Waals surface area contributed by atoms with Crippen LogP contribution >= 0.6 is 27.7 Å². The van der Waals surface area contributed by atoms with Gasteiger partial charge in [-0.25, -0.2) is 0 Å². The number of aromatic nitrogens is 3. The summed E-state index contributed by atoms with van der Waals surface area (Å²) in [6, 6.07) is 13.9. The molecule has 31 heavy (non-hydrogen) atoms. The van der Waals surface area contributed by atoms with E-state index in [-0.39, 0.29) is 0 Å². The summed E-state index contributed by atoms with van der Waals surface area (Å²) < 4.78 is 13.3. The van der Waals surface area contributed by atoms with Crippen LogP contribution in [0.2, 0.25) is 0 Å². The van der Waals surface area contributed by atoms with E-state index in [1.165, 1.54) is 0 Å². The number of fused-ring (bicyclic) bond motifs is 3. The zero-order valence-electron chi connectivity index (χ0n) is 17.6. The van der Waals surface area contributed by atoms with Gasteiger partial charge in [0.05, 0.1) is 12.2 Å². The second-order valence-electron chi connectivity index (χ2n) is 7.17. The smallest absolute Gasteiger partial charge is 0.247 e. The first-order valence-electron chi connectivity index (χ1n) is 10.5. The number of nitrogens with zero attached hydrogens (tertiary/aromatic N) is 3. The van der Waals surface area contributed by atoms with Gasteiger partial charge in [-0.3, -0.25) is 0 Å².